The van der Waals surface area contributed by atoms with Gasteiger partial charge in [0, 0.05) is 18.0 Å². The van der Waals surface area contributed by atoms with Gasteiger partial charge >= 0.3 is 0 Å². The quantitative estimate of drug-likeness (QED) is 0.734. The first kappa shape index (κ1) is 11.8. The standard InChI is InChI=1S/C16H19N/c1-11(2)15-7-8-17-10-16(15)14-6-5-12(3)13(4)9-14/h5-11H,1-4H3. The minimum Gasteiger partial charge on any atom is -0.264 e. The third-order valence-corrected chi connectivity index (χ3v) is 3.29. The van der Waals surface area contributed by atoms with Crippen LogP contribution in [0.1, 0.15) is 36.5 Å². The SMILES string of the molecule is Cc1ccc(-c2cnccc2C(C)C)cc1C. The molecule has 0 fully saturated rings. The number of hydrogen-bond donors (Lipinski definition) is 0. The van der Waals surface area contributed by atoms with E-state index in [9.17, 15) is 0 Å². The molecule has 1 nitrogen and oxygen atoms in total. The van der Waals surface area contributed by atoms with E-state index in [4.69, 9.17) is 0 Å². The first-order chi connectivity index (χ1) is 8.09. The highest BCUT2D eigenvalue weighted by atomic mass is 14.6. The minimum absolute atomic E-state index is 0.523. The highest BCUT2D eigenvalue weighted by molar-refractivity contribution is 5.68. The zero-order valence-corrected chi connectivity index (χ0v) is 11.0. The van der Waals surface area contributed by atoms with Crippen LogP contribution in [0.15, 0.2) is 36.7 Å². The van der Waals surface area contributed by atoms with Crippen LogP contribution in [-0.2, 0) is 0 Å². The van der Waals surface area contributed by atoms with Crippen LogP contribution >= 0.6 is 0 Å². The summed E-state index contributed by atoms with van der Waals surface area (Å²) in [7, 11) is 0. The van der Waals surface area contributed by atoms with Gasteiger partial charge in [-0.2, -0.15) is 0 Å². The Morgan fingerprint density at radius 3 is 2.41 bits per heavy atom. The molecule has 1 heterocycles. The van der Waals surface area contributed by atoms with Gasteiger partial charge in [-0.1, -0.05) is 32.0 Å². The smallest absolute Gasteiger partial charge is 0.0349 e. The van der Waals surface area contributed by atoms with Crippen molar-refractivity contribution in [3.05, 3.63) is 53.3 Å². The number of aromatic nitrogens is 1. The maximum absolute atomic E-state index is 4.26. The first-order valence-corrected chi connectivity index (χ1v) is 6.11. The molecule has 1 aromatic carbocycles. The Hall–Kier alpha value is -1.63. The van der Waals surface area contributed by atoms with E-state index in [1.54, 1.807) is 0 Å². The molecule has 0 N–H and O–H groups in total. The van der Waals surface area contributed by atoms with Gasteiger partial charge in [-0.3, -0.25) is 4.98 Å². The van der Waals surface area contributed by atoms with Crippen molar-refractivity contribution in [1.82, 2.24) is 4.98 Å². The van der Waals surface area contributed by atoms with Gasteiger partial charge in [0.05, 0.1) is 0 Å². The lowest BCUT2D eigenvalue weighted by Gasteiger charge is -2.13. The normalized spacial score (nSPS) is 10.9. The van der Waals surface area contributed by atoms with Crippen molar-refractivity contribution in [3.8, 4) is 11.1 Å². The molecule has 0 spiro atoms. The molecule has 0 saturated heterocycles. The molecule has 0 radical (unpaired) electrons. The summed E-state index contributed by atoms with van der Waals surface area (Å²) < 4.78 is 0. The molecule has 1 heteroatoms. The van der Waals surface area contributed by atoms with E-state index in [2.05, 4.69) is 56.9 Å². The molecule has 0 aliphatic rings. The number of hydrogen-bond acceptors (Lipinski definition) is 1. The Balaban J connectivity index is 2.56. The van der Waals surface area contributed by atoms with Crippen LogP contribution in [0, 0.1) is 13.8 Å². The fraction of sp³-hybridized carbons (Fsp3) is 0.312. The van der Waals surface area contributed by atoms with Gasteiger partial charge in [0.1, 0.15) is 0 Å². The largest absolute Gasteiger partial charge is 0.264 e. The molecule has 0 unspecified atom stereocenters. The molecule has 2 rings (SSSR count). The molecule has 1 aromatic heterocycles. The van der Waals surface area contributed by atoms with E-state index in [-0.39, 0.29) is 0 Å². The van der Waals surface area contributed by atoms with E-state index >= 15 is 0 Å². The van der Waals surface area contributed by atoms with Gasteiger partial charge in [0.25, 0.3) is 0 Å². The van der Waals surface area contributed by atoms with E-state index < -0.39 is 0 Å². The molecule has 88 valence electrons. The molecule has 0 aliphatic carbocycles. The van der Waals surface area contributed by atoms with Crippen LogP contribution in [0.5, 0.6) is 0 Å². The van der Waals surface area contributed by atoms with Crippen molar-refractivity contribution in [2.45, 2.75) is 33.6 Å². The molecule has 0 saturated carbocycles. The highest BCUT2D eigenvalue weighted by Crippen LogP contribution is 2.29. The zero-order valence-electron chi connectivity index (χ0n) is 11.0. The molecule has 17 heavy (non-hydrogen) atoms. The molecule has 0 aliphatic heterocycles. The summed E-state index contributed by atoms with van der Waals surface area (Å²) in [6.45, 7) is 8.75. The summed E-state index contributed by atoms with van der Waals surface area (Å²) >= 11 is 0. The molecule has 0 bridgehead atoms. The predicted octanol–water partition coefficient (Wildman–Crippen LogP) is 4.49. The van der Waals surface area contributed by atoms with Crippen LogP contribution in [0.25, 0.3) is 11.1 Å². The van der Waals surface area contributed by atoms with Gasteiger partial charge in [-0.25, -0.2) is 0 Å². The van der Waals surface area contributed by atoms with Crippen molar-refractivity contribution >= 4 is 0 Å². The van der Waals surface area contributed by atoms with E-state index in [0.717, 1.165) is 0 Å². The van der Waals surface area contributed by atoms with Crippen LogP contribution in [0.3, 0.4) is 0 Å². The van der Waals surface area contributed by atoms with Gasteiger partial charge in [0.2, 0.25) is 0 Å². The summed E-state index contributed by atoms with van der Waals surface area (Å²) in [5.41, 5.74) is 6.56. The molecule has 0 atom stereocenters. The Morgan fingerprint density at radius 2 is 1.76 bits per heavy atom. The highest BCUT2D eigenvalue weighted by Gasteiger charge is 2.08. The number of pyridine rings is 1. The second-order valence-electron chi connectivity index (χ2n) is 4.92. The van der Waals surface area contributed by atoms with Gasteiger partial charge in [0.15, 0.2) is 0 Å². The third-order valence-electron chi connectivity index (χ3n) is 3.29. The van der Waals surface area contributed by atoms with Gasteiger partial charge in [-0.15, -0.1) is 0 Å². The summed E-state index contributed by atoms with van der Waals surface area (Å²) in [6.07, 6.45) is 3.85. The number of aryl methyl sites for hydroxylation is 2. The van der Waals surface area contributed by atoms with Crippen LogP contribution in [0.2, 0.25) is 0 Å². The van der Waals surface area contributed by atoms with Crippen molar-refractivity contribution in [1.29, 1.82) is 0 Å². The molecule has 2 aromatic rings. The second kappa shape index (κ2) is 4.70. The lowest BCUT2D eigenvalue weighted by atomic mass is 9.93. The average molecular weight is 225 g/mol. The van der Waals surface area contributed by atoms with Crippen molar-refractivity contribution in [2.24, 2.45) is 0 Å². The average Bonchev–Trinajstić information content (AvgIpc) is 2.32. The summed E-state index contributed by atoms with van der Waals surface area (Å²) in [6, 6.07) is 8.74. The first-order valence-electron chi connectivity index (χ1n) is 6.11. The maximum atomic E-state index is 4.26. The zero-order chi connectivity index (χ0) is 12.4. The monoisotopic (exact) mass is 225 g/mol. The van der Waals surface area contributed by atoms with Crippen LogP contribution in [0.4, 0.5) is 0 Å². The Labute approximate surface area is 104 Å². The Bertz CT molecular complexity index is 527. The third kappa shape index (κ3) is 2.38. The second-order valence-corrected chi connectivity index (χ2v) is 4.92. The number of rotatable bonds is 2. The Morgan fingerprint density at radius 1 is 1.00 bits per heavy atom. The summed E-state index contributed by atoms with van der Waals surface area (Å²) in [5.74, 6) is 0.523. The van der Waals surface area contributed by atoms with E-state index in [0.29, 0.717) is 5.92 Å². The minimum atomic E-state index is 0.523. The van der Waals surface area contributed by atoms with E-state index in [1.807, 2.05) is 12.4 Å². The number of nitrogens with zero attached hydrogens (tertiary/aromatic N) is 1. The van der Waals surface area contributed by atoms with Crippen LogP contribution < -0.4 is 0 Å². The summed E-state index contributed by atoms with van der Waals surface area (Å²) in [4.78, 5) is 4.26. The van der Waals surface area contributed by atoms with Crippen LogP contribution in [-0.4, -0.2) is 4.98 Å². The summed E-state index contributed by atoms with van der Waals surface area (Å²) in [5, 5.41) is 0. The number of benzene rings is 1. The molecular formula is C16H19N. The lowest BCUT2D eigenvalue weighted by molar-refractivity contribution is 0.865. The lowest BCUT2D eigenvalue weighted by Crippen LogP contribution is -1.94. The molecule has 0 amide bonds. The topological polar surface area (TPSA) is 12.9 Å². The fourth-order valence-electron chi connectivity index (χ4n) is 2.06. The van der Waals surface area contributed by atoms with Crippen molar-refractivity contribution in [2.75, 3.05) is 0 Å². The van der Waals surface area contributed by atoms with Crippen molar-refractivity contribution in [3.63, 3.8) is 0 Å². The van der Waals surface area contributed by atoms with E-state index in [1.165, 1.54) is 27.8 Å². The predicted molar refractivity (Wildman–Crippen MR) is 73.2 cm³/mol. The Kier molecular flexibility index (Phi) is 3.28. The van der Waals surface area contributed by atoms with Crippen molar-refractivity contribution < 1.29 is 0 Å². The van der Waals surface area contributed by atoms with Gasteiger partial charge < -0.3 is 0 Å². The van der Waals surface area contributed by atoms with Gasteiger partial charge in [-0.05, 0) is 48.1 Å². The maximum Gasteiger partial charge on any atom is 0.0349 e. The fourth-order valence-corrected chi connectivity index (χ4v) is 2.06. The molecular weight excluding hydrogens is 206 g/mol.